The van der Waals surface area contributed by atoms with Crippen LogP contribution < -0.4 is 14.8 Å². The Hall–Kier alpha value is -4.63. The number of H-pyrrole nitrogens is 1. The lowest BCUT2D eigenvalue weighted by Gasteiger charge is -2.22. The van der Waals surface area contributed by atoms with Crippen LogP contribution in [0.4, 0.5) is 5.69 Å². The Morgan fingerprint density at radius 1 is 1.12 bits per heavy atom. The normalized spacial score (nSPS) is 14.7. The maximum atomic E-state index is 11.5. The van der Waals surface area contributed by atoms with E-state index < -0.39 is 0 Å². The summed E-state index contributed by atoms with van der Waals surface area (Å²) in [5.74, 6) is 1.59. The number of fused-ring (bicyclic) bond motifs is 3. The molecule has 3 aromatic carbocycles. The van der Waals surface area contributed by atoms with Crippen LogP contribution in [0.5, 0.6) is 11.5 Å². The maximum absolute atomic E-state index is 11.5. The standard InChI is InChI=1S/C31H31N5O4/c1-19-31(36(37)38)20(2)35(34-19)17-23-15-22(9-12-28(23)39-3)29-30-25(13-14-32-29)26-16-24(10-11-27(26)33-30)40-18-21-7-5-4-6-8-21/h4-12,15-16,29,32-33H,13-14,17-18H2,1-3H3/p+1/t29-/m0/s1. The highest BCUT2D eigenvalue weighted by Crippen LogP contribution is 2.35. The molecule has 0 aliphatic carbocycles. The lowest BCUT2D eigenvalue weighted by molar-refractivity contribution is -0.690. The van der Waals surface area contributed by atoms with Crippen LogP contribution in [0.25, 0.3) is 10.9 Å². The number of nitrogens with one attached hydrogen (secondary N) is 1. The van der Waals surface area contributed by atoms with Gasteiger partial charge in [-0.1, -0.05) is 30.3 Å². The molecule has 1 aliphatic rings. The minimum Gasteiger partial charge on any atom is -0.496 e. The van der Waals surface area contributed by atoms with Crippen molar-refractivity contribution in [1.29, 1.82) is 0 Å². The second-order valence-corrected chi connectivity index (χ2v) is 10.3. The highest BCUT2D eigenvalue weighted by Gasteiger charge is 2.30. The number of benzene rings is 3. The summed E-state index contributed by atoms with van der Waals surface area (Å²) in [7, 11) is 1.64. The van der Waals surface area contributed by atoms with Gasteiger partial charge in [-0.05, 0) is 61.4 Å². The molecule has 1 aliphatic heterocycles. The molecule has 204 valence electrons. The van der Waals surface area contributed by atoms with Crippen molar-refractivity contribution in [3.63, 3.8) is 0 Å². The molecule has 0 amide bonds. The van der Waals surface area contributed by atoms with Gasteiger partial charge in [0, 0.05) is 28.5 Å². The van der Waals surface area contributed by atoms with Gasteiger partial charge in [0.2, 0.25) is 0 Å². The highest BCUT2D eigenvalue weighted by molar-refractivity contribution is 5.86. The number of hydrogen-bond donors (Lipinski definition) is 2. The molecule has 6 rings (SSSR count). The highest BCUT2D eigenvalue weighted by atomic mass is 16.6. The van der Waals surface area contributed by atoms with Gasteiger partial charge in [0.1, 0.15) is 29.5 Å². The minimum atomic E-state index is -0.367. The van der Waals surface area contributed by atoms with Crippen molar-refractivity contribution in [2.24, 2.45) is 0 Å². The van der Waals surface area contributed by atoms with Crippen LogP contribution in [-0.4, -0.2) is 33.3 Å². The van der Waals surface area contributed by atoms with Crippen molar-refractivity contribution in [3.05, 3.63) is 116 Å². The average molecular weight is 539 g/mol. The van der Waals surface area contributed by atoms with E-state index in [4.69, 9.17) is 9.47 Å². The minimum absolute atomic E-state index is 0.0607. The van der Waals surface area contributed by atoms with Gasteiger partial charge < -0.3 is 19.8 Å². The van der Waals surface area contributed by atoms with E-state index in [0.29, 0.717) is 24.5 Å². The molecular weight excluding hydrogens is 506 g/mol. The molecule has 0 bridgehead atoms. The Kier molecular flexibility index (Phi) is 6.73. The molecular formula is C31H32N5O4+. The molecule has 0 unspecified atom stereocenters. The third kappa shape index (κ3) is 4.69. The van der Waals surface area contributed by atoms with Crippen molar-refractivity contribution in [3.8, 4) is 11.5 Å². The summed E-state index contributed by atoms with van der Waals surface area (Å²) >= 11 is 0. The van der Waals surface area contributed by atoms with Crippen LogP contribution in [-0.2, 0) is 19.6 Å². The van der Waals surface area contributed by atoms with Crippen LogP contribution in [0.1, 0.15) is 45.4 Å². The van der Waals surface area contributed by atoms with Crippen molar-refractivity contribution in [2.75, 3.05) is 13.7 Å². The molecule has 3 N–H and O–H groups in total. The van der Waals surface area contributed by atoms with Crippen LogP contribution in [0.2, 0.25) is 0 Å². The number of methoxy groups -OCH3 is 1. The third-order valence-corrected chi connectivity index (χ3v) is 7.78. The van der Waals surface area contributed by atoms with Crippen molar-refractivity contribution < 1.29 is 19.7 Å². The summed E-state index contributed by atoms with van der Waals surface area (Å²) in [6, 6.07) is 22.7. The molecule has 0 fully saturated rings. The lowest BCUT2D eigenvalue weighted by atomic mass is 9.93. The van der Waals surface area contributed by atoms with Crippen molar-refractivity contribution >= 4 is 16.6 Å². The molecule has 40 heavy (non-hydrogen) atoms. The maximum Gasteiger partial charge on any atom is 0.312 e. The van der Waals surface area contributed by atoms with Crippen molar-refractivity contribution in [2.45, 2.75) is 39.5 Å². The van der Waals surface area contributed by atoms with E-state index >= 15 is 0 Å². The van der Waals surface area contributed by atoms with Gasteiger partial charge >= 0.3 is 5.69 Å². The SMILES string of the molecule is COc1ccc([C@@H]2[NH2+]CCc3c2[nH]c2ccc(OCc4ccccc4)cc32)cc1Cn1nc(C)c([N+](=O)[O-])c1C. The van der Waals surface area contributed by atoms with E-state index in [1.807, 2.05) is 30.3 Å². The van der Waals surface area contributed by atoms with E-state index in [0.717, 1.165) is 46.7 Å². The molecule has 2 aromatic heterocycles. The van der Waals surface area contributed by atoms with Gasteiger partial charge in [-0.3, -0.25) is 14.8 Å². The second-order valence-electron chi connectivity index (χ2n) is 10.3. The number of ether oxygens (including phenoxy) is 2. The van der Waals surface area contributed by atoms with Gasteiger partial charge in [-0.15, -0.1) is 0 Å². The number of aromatic nitrogens is 3. The fourth-order valence-corrected chi connectivity index (χ4v) is 5.81. The fourth-order valence-electron chi connectivity index (χ4n) is 5.81. The lowest BCUT2D eigenvalue weighted by Crippen LogP contribution is -2.87. The first-order valence-corrected chi connectivity index (χ1v) is 13.4. The summed E-state index contributed by atoms with van der Waals surface area (Å²) in [6.07, 6.45) is 0.965. The monoisotopic (exact) mass is 538 g/mol. The van der Waals surface area contributed by atoms with Crippen LogP contribution in [0, 0.1) is 24.0 Å². The zero-order valence-electron chi connectivity index (χ0n) is 22.8. The second kappa shape index (κ2) is 10.5. The Bertz CT molecular complexity index is 1710. The Morgan fingerprint density at radius 3 is 2.70 bits per heavy atom. The smallest absolute Gasteiger partial charge is 0.312 e. The number of hydrogen-bond acceptors (Lipinski definition) is 5. The molecule has 0 radical (unpaired) electrons. The fraction of sp³-hybridized carbons (Fsp3) is 0.258. The van der Waals surface area contributed by atoms with E-state index in [9.17, 15) is 10.1 Å². The predicted octanol–water partition coefficient (Wildman–Crippen LogP) is 4.73. The van der Waals surface area contributed by atoms with E-state index in [-0.39, 0.29) is 16.7 Å². The summed E-state index contributed by atoms with van der Waals surface area (Å²) in [5.41, 5.74) is 7.81. The van der Waals surface area contributed by atoms with Crippen molar-refractivity contribution in [1.82, 2.24) is 14.8 Å². The van der Waals surface area contributed by atoms with Gasteiger partial charge in [-0.2, -0.15) is 5.10 Å². The predicted molar refractivity (Wildman–Crippen MR) is 152 cm³/mol. The number of nitrogens with zero attached hydrogens (tertiary/aromatic N) is 3. The Balaban J connectivity index is 1.31. The molecule has 9 heteroatoms. The molecule has 0 saturated carbocycles. The summed E-state index contributed by atoms with van der Waals surface area (Å²) in [6.45, 7) is 5.28. The van der Waals surface area contributed by atoms with Gasteiger partial charge in [-0.25, -0.2) is 0 Å². The number of nitro groups is 1. The Morgan fingerprint density at radius 2 is 1.95 bits per heavy atom. The van der Waals surface area contributed by atoms with Crippen LogP contribution >= 0.6 is 0 Å². The van der Waals surface area contributed by atoms with Gasteiger partial charge in [0.05, 0.1) is 30.8 Å². The van der Waals surface area contributed by atoms with Crippen LogP contribution in [0.15, 0.2) is 66.7 Å². The third-order valence-electron chi connectivity index (χ3n) is 7.78. The summed E-state index contributed by atoms with van der Waals surface area (Å²) < 4.78 is 13.5. The molecule has 0 spiro atoms. The molecule has 5 aromatic rings. The molecule has 3 heterocycles. The zero-order chi connectivity index (χ0) is 27.8. The zero-order valence-corrected chi connectivity index (χ0v) is 22.8. The van der Waals surface area contributed by atoms with E-state index in [1.165, 1.54) is 16.6 Å². The molecule has 9 nitrogen and oxygen atoms in total. The first-order valence-electron chi connectivity index (χ1n) is 13.4. The number of aryl methyl sites for hydroxylation is 1. The Labute approximate surface area is 231 Å². The largest absolute Gasteiger partial charge is 0.496 e. The van der Waals surface area contributed by atoms with E-state index in [2.05, 4.69) is 51.8 Å². The summed E-state index contributed by atoms with van der Waals surface area (Å²) in [5, 5.41) is 19.5. The molecule has 0 saturated heterocycles. The van der Waals surface area contributed by atoms with Crippen LogP contribution in [0.3, 0.4) is 0 Å². The summed E-state index contributed by atoms with van der Waals surface area (Å²) in [4.78, 5) is 14.8. The first kappa shape index (κ1) is 25.6. The molecule has 1 atom stereocenters. The quantitative estimate of drug-likeness (QED) is 0.219. The number of aromatic amines is 1. The topological polar surface area (TPSA) is 112 Å². The van der Waals surface area contributed by atoms with Gasteiger partial charge in [0.15, 0.2) is 6.04 Å². The number of rotatable bonds is 8. The first-order chi connectivity index (χ1) is 19.4. The van der Waals surface area contributed by atoms with Gasteiger partial charge in [0.25, 0.3) is 0 Å². The average Bonchev–Trinajstić information content (AvgIpc) is 3.47. The number of nitrogens with two attached hydrogens (primary N) is 1. The number of quaternary nitrogens is 1. The van der Waals surface area contributed by atoms with E-state index in [1.54, 1.807) is 25.6 Å².